The van der Waals surface area contributed by atoms with Gasteiger partial charge in [0.2, 0.25) is 11.5 Å². The highest BCUT2D eigenvalue weighted by Gasteiger charge is 2.35. The molecule has 0 radical (unpaired) electrons. The average molecular weight is 654 g/mol. The second-order valence-corrected chi connectivity index (χ2v) is 12.7. The van der Waals surface area contributed by atoms with Gasteiger partial charge in [-0.3, -0.25) is 19.9 Å². The average Bonchev–Trinajstić information content (AvgIpc) is 3.08. The highest BCUT2D eigenvalue weighted by atomic mass is 16.6. The lowest BCUT2D eigenvalue weighted by Crippen LogP contribution is -2.34. The van der Waals surface area contributed by atoms with Crippen molar-refractivity contribution >= 4 is 5.69 Å². The summed E-state index contributed by atoms with van der Waals surface area (Å²) in [6.45, 7) is 1.63. The molecule has 1 N–H and O–H groups in total. The zero-order valence-electron chi connectivity index (χ0n) is 27.7. The number of aromatic hydroxyl groups is 1. The van der Waals surface area contributed by atoms with E-state index < -0.39 is 16.4 Å². The lowest BCUT2D eigenvalue weighted by Gasteiger charge is -2.37. The van der Waals surface area contributed by atoms with E-state index in [9.17, 15) is 15.2 Å². The standard InChI is InChI=1S/C37H39N3O8/c1-38-12-10-23-18-30(44-3)31-20-26(23)27(38)14-21-6-8-25(9-7-21)47-32-17-22(16-29(35(32)41)40(42)43)15-28-34-24(11-13-39(28)2)19-33(45-4)36(46-5)37(34)48-31/h6-9,16-20,27-28,41H,10-15H2,1-5H3/t27-,28+/m0/s1. The monoisotopic (exact) mass is 653 g/mol. The minimum atomic E-state index is -0.587. The molecule has 2 atom stereocenters. The minimum Gasteiger partial charge on any atom is -0.499 e. The molecule has 0 amide bonds. The van der Waals surface area contributed by atoms with E-state index in [-0.39, 0.29) is 17.8 Å². The number of rotatable bonds is 4. The Kier molecular flexibility index (Phi) is 8.26. The van der Waals surface area contributed by atoms with Crippen molar-refractivity contribution in [3.05, 3.63) is 98.1 Å². The van der Waals surface area contributed by atoms with E-state index in [1.54, 1.807) is 27.4 Å². The predicted octanol–water partition coefficient (Wildman–Crippen LogP) is 6.77. The zero-order chi connectivity index (χ0) is 33.7. The smallest absolute Gasteiger partial charge is 0.314 e. The Morgan fingerprint density at radius 3 is 2.15 bits per heavy atom. The third kappa shape index (κ3) is 5.52. The number of ether oxygens (including phenoxy) is 5. The number of benzene rings is 4. The SMILES string of the molecule is COc1cc2c3cc1Oc1c(OC)c(OC)cc4c1[C@@H](Cc1cc(c(O)c([N+](=O)[O-])c1)Oc1ccc(cc1)C[C@@H]3N(C)CC2)N(C)CC4. The van der Waals surface area contributed by atoms with E-state index in [2.05, 4.69) is 29.0 Å². The van der Waals surface area contributed by atoms with Gasteiger partial charge < -0.3 is 28.8 Å². The van der Waals surface area contributed by atoms with Crippen LogP contribution in [0.5, 0.6) is 46.0 Å². The Labute approximate surface area is 279 Å². The number of nitro groups is 1. The first-order valence-corrected chi connectivity index (χ1v) is 16.0. The number of hydrogen-bond donors (Lipinski definition) is 1. The first-order chi connectivity index (χ1) is 23.2. The van der Waals surface area contributed by atoms with Crippen LogP contribution in [0.2, 0.25) is 0 Å². The molecule has 11 nitrogen and oxygen atoms in total. The van der Waals surface area contributed by atoms with Crippen LogP contribution < -0.4 is 23.7 Å². The van der Waals surface area contributed by atoms with Crippen LogP contribution in [0.3, 0.4) is 0 Å². The largest absolute Gasteiger partial charge is 0.499 e. The van der Waals surface area contributed by atoms with Gasteiger partial charge in [-0.2, -0.15) is 0 Å². The van der Waals surface area contributed by atoms with Crippen molar-refractivity contribution < 1.29 is 33.7 Å². The van der Waals surface area contributed by atoms with Crippen molar-refractivity contribution in [3.63, 3.8) is 0 Å². The van der Waals surface area contributed by atoms with Crippen LogP contribution in [0.25, 0.3) is 0 Å². The summed E-state index contributed by atoms with van der Waals surface area (Å²) < 4.78 is 30.8. The van der Waals surface area contributed by atoms with Crippen molar-refractivity contribution in [1.29, 1.82) is 0 Å². The highest BCUT2D eigenvalue weighted by Crippen LogP contribution is 2.52. The number of phenols is 1. The number of hydrogen-bond acceptors (Lipinski definition) is 10. The van der Waals surface area contributed by atoms with E-state index in [1.807, 2.05) is 37.4 Å². The minimum absolute atomic E-state index is 0.0203. The number of fused-ring (bicyclic) bond motifs is 2. The summed E-state index contributed by atoms with van der Waals surface area (Å²) in [6.07, 6.45) is 2.70. The molecule has 4 aromatic rings. The van der Waals surface area contributed by atoms with Crippen molar-refractivity contribution in [2.45, 2.75) is 37.8 Å². The van der Waals surface area contributed by atoms with Gasteiger partial charge in [0, 0.05) is 36.8 Å². The molecule has 0 aliphatic carbocycles. The number of methoxy groups -OCH3 is 3. The fourth-order valence-electron chi connectivity index (χ4n) is 7.33. The Morgan fingerprint density at radius 2 is 1.46 bits per heavy atom. The van der Waals surface area contributed by atoms with Gasteiger partial charge in [-0.25, -0.2) is 0 Å². The van der Waals surface area contributed by atoms with Crippen molar-refractivity contribution in [3.8, 4) is 46.0 Å². The summed E-state index contributed by atoms with van der Waals surface area (Å²) >= 11 is 0. The van der Waals surface area contributed by atoms with Gasteiger partial charge in [0.1, 0.15) is 5.75 Å². The van der Waals surface area contributed by atoms with Crippen LogP contribution >= 0.6 is 0 Å². The molecule has 250 valence electrons. The molecule has 8 rings (SSSR count). The summed E-state index contributed by atoms with van der Waals surface area (Å²) in [7, 11) is 8.99. The van der Waals surface area contributed by atoms with Crippen LogP contribution in [-0.4, -0.2) is 68.3 Å². The summed E-state index contributed by atoms with van der Waals surface area (Å²) in [5.41, 5.74) is 5.58. The van der Waals surface area contributed by atoms with Gasteiger partial charge in [0.15, 0.2) is 28.7 Å². The number of nitro benzene ring substituents is 1. The Morgan fingerprint density at radius 1 is 0.792 bits per heavy atom. The second-order valence-electron chi connectivity index (χ2n) is 12.7. The molecule has 4 heterocycles. The van der Waals surface area contributed by atoms with Gasteiger partial charge in [-0.1, -0.05) is 12.1 Å². The molecule has 6 bridgehead atoms. The van der Waals surface area contributed by atoms with Crippen molar-refractivity contribution in [2.24, 2.45) is 0 Å². The van der Waals surface area contributed by atoms with Crippen LogP contribution in [0, 0.1) is 10.1 Å². The molecule has 0 aromatic heterocycles. The molecule has 4 aromatic carbocycles. The normalized spacial score (nSPS) is 18.9. The summed E-state index contributed by atoms with van der Waals surface area (Å²) in [4.78, 5) is 16.1. The van der Waals surface area contributed by atoms with Gasteiger partial charge in [-0.15, -0.1) is 0 Å². The fourth-order valence-corrected chi connectivity index (χ4v) is 7.33. The van der Waals surface area contributed by atoms with Gasteiger partial charge in [-0.05, 0) is 104 Å². The van der Waals surface area contributed by atoms with Gasteiger partial charge in [0.25, 0.3) is 0 Å². The van der Waals surface area contributed by atoms with Crippen LogP contribution in [-0.2, 0) is 25.7 Å². The maximum Gasteiger partial charge on any atom is 0.314 e. The highest BCUT2D eigenvalue weighted by molar-refractivity contribution is 5.64. The zero-order valence-corrected chi connectivity index (χ0v) is 27.7. The molecule has 0 saturated heterocycles. The van der Waals surface area contributed by atoms with E-state index in [0.717, 1.165) is 54.6 Å². The molecule has 4 aliphatic rings. The molecule has 0 unspecified atom stereocenters. The topological polar surface area (TPSA) is 116 Å². The predicted molar refractivity (Wildman–Crippen MR) is 179 cm³/mol. The molecule has 48 heavy (non-hydrogen) atoms. The number of likely N-dealkylation sites (N-methyl/N-ethyl adjacent to an activating group) is 2. The van der Waals surface area contributed by atoms with Crippen LogP contribution in [0.4, 0.5) is 5.69 Å². The van der Waals surface area contributed by atoms with E-state index in [1.165, 1.54) is 11.6 Å². The molecule has 0 saturated carbocycles. The number of phenolic OH excluding ortho intramolecular Hbond substituents is 1. The molecule has 0 spiro atoms. The van der Waals surface area contributed by atoms with E-state index in [0.29, 0.717) is 46.5 Å². The lowest BCUT2D eigenvalue weighted by molar-refractivity contribution is -0.386. The summed E-state index contributed by atoms with van der Waals surface area (Å²) in [6, 6.07) is 16.7. The molecular formula is C37H39N3O8. The maximum absolute atomic E-state index is 12.1. The van der Waals surface area contributed by atoms with Crippen LogP contribution in [0.1, 0.15) is 45.5 Å². The Balaban J connectivity index is 1.49. The summed E-state index contributed by atoms with van der Waals surface area (Å²) in [5, 5.41) is 23.1. The first-order valence-electron chi connectivity index (χ1n) is 16.0. The molecule has 11 heteroatoms. The summed E-state index contributed by atoms with van der Waals surface area (Å²) in [5.74, 6) is 2.64. The fraction of sp³-hybridized carbons (Fsp3) is 0.351. The lowest BCUT2D eigenvalue weighted by atomic mass is 9.87. The molecule has 0 fully saturated rings. The van der Waals surface area contributed by atoms with E-state index >= 15 is 0 Å². The molecular weight excluding hydrogens is 614 g/mol. The quantitative estimate of drug-likeness (QED) is 0.187. The Bertz CT molecular complexity index is 1890. The number of nitrogens with zero attached hydrogens (tertiary/aromatic N) is 3. The van der Waals surface area contributed by atoms with Gasteiger partial charge >= 0.3 is 5.69 Å². The Hall–Kier alpha value is -5.00. The molecule has 4 aliphatic heterocycles. The third-order valence-corrected chi connectivity index (χ3v) is 9.93. The first kappa shape index (κ1) is 31.6. The second kappa shape index (κ2) is 12.6. The van der Waals surface area contributed by atoms with Crippen molar-refractivity contribution in [2.75, 3.05) is 48.5 Å². The van der Waals surface area contributed by atoms with E-state index in [4.69, 9.17) is 23.7 Å². The van der Waals surface area contributed by atoms with Crippen LogP contribution in [0.15, 0.2) is 54.6 Å². The van der Waals surface area contributed by atoms with Crippen molar-refractivity contribution in [1.82, 2.24) is 9.80 Å². The third-order valence-electron chi connectivity index (χ3n) is 9.93. The maximum atomic E-state index is 12.1. The van der Waals surface area contributed by atoms with Gasteiger partial charge in [0.05, 0.1) is 26.3 Å².